The van der Waals surface area contributed by atoms with E-state index in [2.05, 4.69) is 4.98 Å². The summed E-state index contributed by atoms with van der Waals surface area (Å²) in [5.41, 5.74) is 1.20. The van der Waals surface area contributed by atoms with E-state index >= 15 is 0 Å². The van der Waals surface area contributed by atoms with Crippen molar-refractivity contribution in [2.75, 3.05) is 26.2 Å². The first-order chi connectivity index (χ1) is 13.6. The molecule has 2 amide bonds. The molecule has 0 aliphatic carbocycles. The number of amides is 2. The SMILES string of the molecule is O=C(c1cccnc1)N1CCC(Oc2ccc(C(=O)N3CC(O)C3)cc2)CC1. The number of aliphatic hydroxyl groups excluding tert-OH is 1. The molecule has 0 unspecified atom stereocenters. The van der Waals surface area contributed by atoms with Crippen LogP contribution in [0, 0.1) is 0 Å². The molecule has 7 heteroatoms. The Hall–Kier alpha value is -2.93. The molecule has 0 bridgehead atoms. The first-order valence-corrected chi connectivity index (χ1v) is 9.53. The minimum Gasteiger partial charge on any atom is -0.490 e. The fourth-order valence-electron chi connectivity index (χ4n) is 3.52. The number of aliphatic hydroxyl groups is 1. The van der Waals surface area contributed by atoms with Crippen LogP contribution in [0.5, 0.6) is 5.75 Å². The Kier molecular flexibility index (Phi) is 5.25. The number of likely N-dealkylation sites (tertiary alicyclic amines) is 2. The van der Waals surface area contributed by atoms with Gasteiger partial charge >= 0.3 is 0 Å². The van der Waals surface area contributed by atoms with E-state index in [1.807, 2.05) is 4.90 Å². The summed E-state index contributed by atoms with van der Waals surface area (Å²) >= 11 is 0. The molecular weight excluding hydrogens is 358 g/mol. The van der Waals surface area contributed by atoms with Gasteiger partial charge in [-0.2, -0.15) is 0 Å². The highest BCUT2D eigenvalue weighted by molar-refractivity contribution is 5.95. The summed E-state index contributed by atoms with van der Waals surface area (Å²) in [6, 6.07) is 10.7. The van der Waals surface area contributed by atoms with Gasteiger partial charge in [0.25, 0.3) is 11.8 Å². The van der Waals surface area contributed by atoms with Crippen LogP contribution in [-0.2, 0) is 0 Å². The number of pyridine rings is 1. The van der Waals surface area contributed by atoms with Crippen molar-refractivity contribution in [3.8, 4) is 5.75 Å². The number of nitrogens with zero attached hydrogens (tertiary/aromatic N) is 3. The average molecular weight is 381 g/mol. The minimum atomic E-state index is -0.401. The zero-order valence-electron chi connectivity index (χ0n) is 15.5. The van der Waals surface area contributed by atoms with E-state index < -0.39 is 6.10 Å². The molecule has 1 N–H and O–H groups in total. The second kappa shape index (κ2) is 7.98. The van der Waals surface area contributed by atoms with E-state index in [-0.39, 0.29) is 17.9 Å². The lowest BCUT2D eigenvalue weighted by atomic mass is 10.1. The molecule has 2 aliphatic heterocycles. The van der Waals surface area contributed by atoms with E-state index in [9.17, 15) is 14.7 Å². The summed E-state index contributed by atoms with van der Waals surface area (Å²) in [5.74, 6) is 0.654. The molecular formula is C21H23N3O4. The average Bonchev–Trinajstić information content (AvgIpc) is 2.72. The third kappa shape index (κ3) is 3.99. The largest absolute Gasteiger partial charge is 0.490 e. The van der Waals surface area contributed by atoms with Gasteiger partial charge in [-0.05, 0) is 36.4 Å². The predicted octanol–water partition coefficient (Wildman–Crippen LogP) is 1.58. The number of ether oxygens (including phenoxy) is 1. The van der Waals surface area contributed by atoms with Crippen LogP contribution in [0.2, 0.25) is 0 Å². The van der Waals surface area contributed by atoms with Crippen LogP contribution in [0.3, 0.4) is 0 Å². The minimum absolute atomic E-state index is 0.00512. The van der Waals surface area contributed by atoms with Gasteiger partial charge < -0.3 is 19.6 Å². The summed E-state index contributed by atoms with van der Waals surface area (Å²) in [4.78, 5) is 32.1. The van der Waals surface area contributed by atoms with Crippen LogP contribution < -0.4 is 4.74 Å². The van der Waals surface area contributed by atoms with E-state index in [4.69, 9.17) is 4.74 Å². The molecule has 28 heavy (non-hydrogen) atoms. The Bertz CT molecular complexity index is 826. The normalized spacial score (nSPS) is 17.9. The predicted molar refractivity (Wildman–Crippen MR) is 102 cm³/mol. The summed E-state index contributed by atoms with van der Waals surface area (Å²) in [7, 11) is 0. The lowest BCUT2D eigenvalue weighted by molar-refractivity contribution is 0.00589. The molecule has 3 heterocycles. The quantitative estimate of drug-likeness (QED) is 0.870. The van der Waals surface area contributed by atoms with Gasteiger partial charge in [0, 0.05) is 57.0 Å². The Morgan fingerprint density at radius 1 is 0.964 bits per heavy atom. The highest BCUT2D eigenvalue weighted by atomic mass is 16.5. The van der Waals surface area contributed by atoms with Crippen LogP contribution >= 0.6 is 0 Å². The van der Waals surface area contributed by atoms with Gasteiger partial charge in [0.1, 0.15) is 11.9 Å². The van der Waals surface area contributed by atoms with Gasteiger partial charge in [0.2, 0.25) is 0 Å². The molecule has 0 radical (unpaired) electrons. The van der Waals surface area contributed by atoms with Crippen molar-refractivity contribution in [2.45, 2.75) is 25.0 Å². The number of carbonyl (C=O) groups excluding carboxylic acids is 2. The summed E-state index contributed by atoms with van der Waals surface area (Å²) in [6.45, 7) is 2.08. The number of carbonyl (C=O) groups is 2. The molecule has 2 fully saturated rings. The van der Waals surface area contributed by atoms with Crippen LogP contribution in [-0.4, -0.2) is 70.1 Å². The molecule has 2 aromatic rings. The zero-order chi connectivity index (χ0) is 19.5. The molecule has 0 atom stereocenters. The van der Waals surface area contributed by atoms with Crippen molar-refractivity contribution in [1.29, 1.82) is 0 Å². The van der Waals surface area contributed by atoms with Gasteiger partial charge in [0.05, 0.1) is 11.7 Å². The van der Waals surface area contributed by atoms with Crippen LogP contribution in [0.25, 0.3) is 0 Å². The third-order valence-electron chi connectivity index (χ3n) is 5.19. The molecule has 4 rings (SSSR count). The van der Waals surface area contributed by atoms with Crippen LogP contribution in [0.4, 0.5) is 0 Å². The van der Waals surface area contributed by atoms with Gasteiger partial charge in [-0.15, -0.1) is 0 Å². The Balaban J connectivity index is 1.28. The summed E-state index contributed by atoms with van der Waals surface area (Å²) < 4.78 is 6.03. The van der Waals surface area contributed by atoms with Gasteiger partial charge in [0.15, 0.2) is 0 Å². The maximum Gasteiger partial charge on any atom is 0.255 e. The number of piperidine rings is 1. The number of rotatable bonds is 4. The van der Waals surface area contributed by atoms with E-state index in [1.165, 1.54) is 0 Å². The number of hydrogen-bond acceptors (Lipinski definition) is 5. The summed E-state index contributed by atoms with van der Waals surface area (Å²) in [5, 5.41) is 9.32. The zero-order valence-corrected chi connectivity index (χ0v) is 15.5. The topological polar surface area (TPSA) is 83.0 Å². The second-order valence-electron chi connectivity index (χ2n) is 7.24. The smallest absolute Gasteiger partial charge is 0.255 e. The van der Waals surface area contributed by atoms with E-state index in [1.54, 1.807) is 53.7 Å². The van der Waals surface area contributed by atoms with Crippen molar-refractivity contribution >= 4 is 11.8 Å². The monoisotopic (exact) mass is 381 g/mol. The first kappa shape index (κ1) is 18.4. The Labute approximate surface area is 163 Å². The van der Waals surface area contributed by atoms with E-state index in [0.717, 1.165) is 18.6 Å². The van der Waals surface area contributed by atoms with Crippen molar-refractivity contribution in [3.63, 3.8) is 0 Å². The molecule has 146 valence electrons. The molecule has 7 nitrogen and oxygen atoms in total. The lowest BCUT2D eigenvalue weighted by Crippen LogP contribution is -2.53. The fraction of sp³-hybridized carbons (Fsp3) is 0.381. The Morgan fingerprint density at radius 3 is 2.25 bits per heavy atom. The van der Waals surface area contributed by atoms with Gasteiger partial charge in [-0.25, -0.2) is 0 Å². The maximum absolute atomic E-state index is 12.5. The van der Waals surface area contributed by atoms with Gasteiger partial charge in [-0.1, -0.05) is 0 Å². The van der Waals surface area contributed by atoms with Crippen LogP contribution in [0.1, 0.15) is 33.6 Å². The second-order valence-corrected chi connectivity index (χ2v) is 7.24. The van der Waals surface area contributed by atoms with Crippen molar-refractivity contribution in [3.05, 3.63) is 59.9 Å². The van der Waals surface area contributed by atoms with Crippen molar-refractivity contribution in [1.82, 2.24) is 14.8 Å². The molecule has 2 saturated heterocycles. The number of β-amino-alcohol motifs (C(OH)–C–C–N with tert-alkyl or cyclic N) is 1. The number of hydrogen-bond donors (Lipinski definition) is 1. The molecule has 0 saturated carbocycles. The molecule has 0 spiro atoms. The Morgan fingerprint density at radius 2 is 1.64 bits per heavy atom. The van der Waals surface area contributed by atoms with Gasteiger partial charge in [-0.3, -0.25) is 14.6 Å². The van der Waals surface area contributed by atoms with Crippen LogP contribution in [0.15, 0.2) is 48.8 Å². The highest BCUT2D eigenvalue weighted by Gasteiger charge is 2.29. The fourth-order valence-corrected chi connectivity index (χ4v) is 3.52. The third-order valence-corrected chi connectivity index (χ3v) is 5.19. The molecule has 2 aliphatic rings. The molecule has 1 aromatic heterocycles. The highest BCUT2D eigenvalue weighted by Crippen LogP contribution is 2.22. The first-order valence-electron chi connectivity index (χ1n) is 9.53. The maximum atomic E-state index is 12.5. The standard InChI is InChI=1S/C21H23N3O4/c25-17-13-24(14-17)20(26)15-3-5-18(6-4-15)28-19-7-10-23(11-8-19)21(27)16-2-1-9-22-12-16/h1-6,9,12,17,19,25H,7-8,10-11,13-14H2. The number of benzene rings is 1. The number of aromatic nitrogens is 1. The lowest BCUT2D eigenvalue weighted by Gasteiger charge is -2.35. The molecule has 1 aromatic carbocycles. The van der Waals surface area contributed by atoms with Crippen molar-refractivity contribution in [2.24, 2.45) is 0 Å². The summed E-state index contributed by atoms with van der Waals surface area (Å²) in [6.07, 6.45) is 4.42. The van der Waals surface area contributed by atoms with E-state index in [0.29, 0.717) is 37.3 Å². The van der Waals surface area contributed by atoms with Crippen molar-refractivity contribution < 1.29 is 19.4 Å².